The molecule has 0 saturated carbocycles. The number of carboxylic acid groups (broad SMARTS) is 2. The van der Waals surface area contributed by atoms with Gasteiger partial charge in [0.2, 0.25) is 5.91 Å². The number of nitrogens with two attached hydrogens (primary N) is 2. The summed E-state index contributed by atoms with van der Waals surface area (Å²) >= 11 is 0. The molecule has 0 spiro atoms. The maximum atomic E-state index is 11.7. The van der Waals surface area contributed by atoms with Gasteiger partial charge < -0.3 is 32.3 Å². The maximum Gasteiger partial charge on any atom is 0.320 e. The second-order valence-corrected chi connectivity index (χ2v) is 9.37. The van der Waals surface area contributed by atoms with E-state index < -0.39 is 24.0 Å². The van der Waals surface area contributed by atoms with E-state index in [4.69, 9.17) is 21.7 Å². The summed E-state index contributed by atoms with van der Waals surface area (Å²) in [5, 5.41) is 22.8. The molecule has 0 saturated heterocycles. The average Bonchev–Trinajstić information content (AvgIpc) is 3.46. The number of hydrogen-bond acceptors (Lipinski definition) is 8. The molecule has 5 atom stereocenters. The third-order valence-corrected chi connectivity index (χ3v) is 6.20. The van der Waals surface area contributed by atoms with E-state index in [2.05, 4.69) is 20.6 Å². The topological polar surface area (TPSA) is 210 Å². The number of hydrogen-bond donors (Lipinski definition) is 6. The van der Waals surface area contributed by atoms with Crippen LogP contribution in [0.2, 0.25) is 0 Å². The number of rotatable bonds is 14. The van der Waals surface area contributed by atoms with Gasteiger partial charge in [-0.1, -0.05) is 13.8 Å². The quantitative estimate of drug-likeness (QED) is 0.179. The molecular formula is C24H42N6O6. The highest BCUT2D eigenvalue weighted by Crippen LogP contribution is 2.16. The first-order valence-electron chi connectivity index (χ1n) is 12.6. The van der Waals surface area contributed by atoms with Crippen LogP contribution in [0.1, 0.15) is 65.2 Å². The Hall–Kier alpha value is -2.86. The first kappa shape index (κ1) is 31.2. The molecule has 0 fully saturated rings. The lowest BCUT2D eigenvalue weighted by atomic mass is 10.0. The Kier molecular flexibility index (Phi) is 14.5. The monoisotopic (exact) mass is 510 g/mol. The number of carbonyl (C=O) groups excluding carboxylic acids is 2. The highest BCUT2D eigenvalue weighted by Gasteiger charge is 2.26. The van der Waals surface area contributed by atoms with Gasteiger partial charge in [-0.3, -0.25) is 29.2 Å². The van der Waals surface area contributed by atoms with Crippen molar-refractivity contribution in [1.82, 2.24) is 10.6 Å². The van der Waals surface area contributed by atoms with Crippen molar-refractivity contribution in [3.8, 4) is 0 Å². The number of nitrogens with one attached hydrogen (secondary N) is 2. The second-order valence-electron chi connectivity index (χ2n) is 9.37. The number of nitrogens with zero attached hydrogens (tertiary/aromatic N) is 2. The molecule has 0 aromatic carbocycles. The van der Waals surface area contributed by atoms with Gasteiger partial charge in [-0.2, -0.15) is 0 Å². The van der Waals surface area contributed by atoms with Crippen molar-refractivity contribution in [3.05, 3.63) is 0 Å². The van der Waals surface area contributed by atoms with Gasteiger partial charge in [0.25, 0.3) is 5.91 Å². The van der Waals surface area contributed by atoms with Gasteiger partial charge in [0.15, 0.2) is 0 Å². The molecule has 12 nitrogen and oxygen atoms in total. The Balaban J connectivity index is 0.000000360. The smallest absolute Gasteiger partial charge is 0.320 e. The summed E-state index contributed by atoms with van der Waals surface area (Å²) in [6.07, 6.45) is 7.30. The Morgan fingerprint density at radius 1 is 0.972 bits per heavy atom. The number of carboxylic acids is 2. The van der Waals surface area contributed by atoms with Crippen LogP contribution in [0.25, 0.3) is 0 Å². The third kappa shape index (κ3) is 11.7. The SMILES string of the molecule is CC1CC=NC1C(=O)NCCCCC(N)C(=O)O.CC1CCN=C1C(=O)NCCCCC(N)C(=O)O. The summed E-state index contributed by atoms with van der Waals surface area (Å²) < 4.78 is 0. The van der Waals surface area contributed by atoms with Crippen LogP contribution in [0.3, 0.4) is 0 Å². The lowest BCUT2D eigenvalue weighted by Crippen LogP contribution is -2.36. The lowest BCUT2D eigenvalue weighted by Gasteiger charge is -2.13. The van der Waals surface area contributed by atoms with Gasteiger partial charge >= 0.3 is 11.9 Å². The van der Waals surface area contributed by atoms with E-state index in [9.17, 15) is 19.2 Å². The number of aliphatic imine (C=N–C) groups is 2. The molecular weight excluding hydrogens is 468 g/mol. The largest absolute Gasteiger partial charge is 0.480 e. The highest BCUT2D eigenvalue weighted by molar-refractivity contribution is 6.40. The normalized spacial score (nSPS) is 22.1. The van der Waals surface area contributed by atoms with Crippen molar-refractivity contribution in [2.24, 2.45) is 33.3 Å². The molecule has 2 aliphatic rings. The van der Waals surface area contributed by atoms with E-state index in [1.165, 1.54) is 0 Å². The van der Waals surface area contributed by atoms with Gasteiger partial charge in [0.1, 0.15) is 23.8 Å². The number of amides is 2. The Labute approximate surface area is 212 Å². The van der Waals surface area contributed by atoms with Crippen LogP contribution in [-0.4, -0.2) is 83.7 Å². The van der Waals surface area contributed by atoms with Crippen molar-refractivity contribution in [2.45, 2.75) is 83.3 Å². The van der Waals surface area contributed by atoms with E-state index in [0.29, 0.717) is 44.5 Å². The second kappa shape index (κ2) is 16.7. The molecule has 2 heterocycles. The van der Waals surface area contributed by atoms with Gasteiger partial charge in [-0.05, 0) is 57.3 Å². The molecule has 2 amide bonds. The van der Waals surface area contributed by atoms with Crippen LogP contribution in [0.4, 0.5) is 0 Å². The summed E-state index contributed by atoms with van der Waals surface area (Å²) in [5.74, 6) is -1.58. The zero-order chi connectivity index (χ0) is 27.1. The van der Waals surface area contributed by atoms with E-state index in [1.54, 1.807) is 6.21 Å². The predicted octanol–water partition coefficient (Wildman–Crippen LogP) is 0.330. The van der Waals surface area contributed by atoms with Crippen molar-refractivity contribution in [2.75, 3.05) is 19.6 Å². The fraction of sp³-hybridized carbons (Fsp3) is 0.750. The number of unbranched alkanes of at least 4 members (excludes halogenated alkanes) is 2. The molecule has 0 bridgehead atoms. The summed E-state index contributed by atoms with van der Waals surface area (Å²) in [7, 11) is 0. The lowest BCUT2D eigenvalue weighted by molar-refractivity contribution is -0.139. The van der Waals surface area contributed by atoms with Crippen LogP contribution in [0.5, 0.6) is 0 Å². The van der Waals surface area contributed by atoms with Crippen LogP contribution >= 0.6 is 0 Å². The molecule has 8 N–H and O–H groups in total. The van der Waals surface area contributed by atoms with Gasteiger partial charge in [0, 0.05) is 31.8 Å². The zero-order valence-electron chi connectivity index (χ0n) is 21.3. The summed E-state index contributed by atoms with van der Waals surface area (Å²) in [6.45, 7) is 5.82. The fourth-order valence-electron chi connectivity index (χ4n) is 3.74. The minimum Gasteiger partial charge on any atom is -0.480 e. The van der Waals surface area contributed by atoms with E-state index in [-0.39, 0.29) is 29.7 Å². The van der Waals surface area contributed by atoms with E-state index >= 15 is 0 Å². The molecule has 0 aliphatic carbocycles. The molecule has 5 unspecified atom stereocenters. The van der Waals surface area contributed by atoms with Crippen molar-refractivity contribution in [3.63, 3.8) is 0 Å². The predicted molar refractivity (Wildman–Crippen MR) is 137 cm³/mol. The molecule has 0 radical (unpaired) electrons. The minimum atomic E-state index is -0.979. The van der Waals surface area contributed by atoms with Crippen LogP contribution < -0.4 is 22.1 Å². The highest BCUT2D eigenvalue weighted by atomic mass is 16.4. The Morgan fingerprint density at radius 3 is 1.97 bits per heavy atom. The number of carbonyl (C=O) groups is 4. The first-order chi connectivity index (χ1) is 17.0. The summed E-state index contributed by atoms with van der Waals surface area (Å²) in [6, 6.07) is -1.87. The molecule has 36 heavy (non-hydrogen) atoms. The van der Waals surface area contributed by atoms with Gasteiger partial charge in [0.05, 0.1) is 0 Å². The van der Waals surface area contributed by atoms with E-state index in [1.807, 2.05) is 13.8 Å². The van der Waals surface area contributed by atoms with Crippen LogP contribution in [0.15, 0.2) is 9.98 Å². The zero-order valence-corrected chi connectivity index (χ0v) is 21.3. The fourth-order valence-corrected chi connectivity index (χ4v) is 3.74. The molecule has 0 aromatic heterocycles. The van der Waals surface area contributed by atoms with Crippen molar-refractivity contribution < 1.29 is 29.4 Å². The minimum absolute atomic E-state index is 0.0428. The summed E-state index contributed by atoms with van der Waals surface area (Å²) in [5.41, 5.74) is 11.4. The molecule has 0 aromatic rings. The molecule has 204 valence electrons. The Morgan fingerprint density at radius 2 is 1.53 bits per heavy atom. The maximum absolute atomic E-state index is 11.7. The van der Waals surface area contributed by atoms with Gasteiger partial charge in [-0.25, -0.2) is 0 Å². The van der Waals surface area contributed by atoms with Gasteiger partial charge in [-0.15, -0.1) is 0 Å². The average molecular weight is 511 g/mol. The molecule has 12 heteroatoms. The molecule has 2 aliphatic heterocycles. The first-order valence-corrected chi connectivity index (χ1v) is 12.6. The van der Waals surface area contributed by atoms with Crippen molar-refractivity contribution in [1.29, 1.82) is 0 Å². The summed E-state index contributed by atoms with van der Waals surface area (Å²) in [4.78, 5) is 52.7. The number of aliphatic carboxylic acids is 2. The third-order valence-electron chi connectivity index (χ3n) is 6.20. The van der Waals surface area contributed by atoms with Crippen molar-refractivity contribution >= 4 is 35.7 Å². The van der Waals surface area contributed by atoms with Crippen LogP contribution in [-0.2, 0) is 19.2 Å². The molecule has 2 rings (SSSR count). The standard InChI is InChI=1S/2C12H21N3O3/c2*1-8-5-7-14-10(8)11(16)15-6-3-2-4-9(13)12(17)18/h8-9H,2-7,13H2,1H3,(H,15,16)(H,17,18);7-10H,2-6,13H2,1H3,(H,15,16)(H,17,18). The van der Waals surface area contributed by atoms with E-state index in [0.717, 1.165) is 32.2 Å². The Bertz CT molecular complexity index is 802. The van der Waals surface area contributed by atoms with Crippen LogP contribution in [0, 0.1) is 11.8 Å².